The highest BCUT2D eigenvalue weighted by Gasteiger charge is 2.39. The molecule has 1 fully saturated rings. The van der Waals surface area contributed by atoms with E-state index in [2.05, 4.69) is 26.3 Å². The summed E-state index contributed by atoms with van der Waals surface area (Å²) in [5, 5.41) is 29.5. The molecule has 1 heterocycles. The average Bonchev–Trinajstić information content (AvgIpc) is 3.51. The third-order valence-corrected chi connectivity index (χ3v) is 8.40. The van der Waals surface area contributed by atoms with Gasteiger partial charge in [0.15, 0.2) is 5.96 Å². The lowest BCUT2D eigenvalue weighted by atomic mass is 9.99. The molecule has 0 spiro atoms. The quantitative estimate of drug-likeness (QED) is 0.0351. The topological polar surface area (TPSA) is 285 Å². The molecular weight excluding hydrogens is 646 g/mol. The number of aliphatic carboxylic acids is 1. The van der Waals surface area contributed by atoms with Crippen molar-refractivity contribution in [3.05, 3.63) is 0 Å². The van der Waals surface area contributed by atoms with Crippen LogP contribution in [0.4, 0.5) is 0 Å². The largest absolute Gasteiger partial charge is 0.480 e. The number of aliphatic imine (C=N–C) groups is 1. The average molecular weight is 702 g/mol. The van der Waals surface area contributed by atoms with E-state index in [9.17, 15) is 39.0 Å². The van der Waals surface area contributed by atoms with Crippen LogP contribution in [0.2, 0.25) is 0 Å². The maximum absolute atomic E-state index is 13.5. The zero-order valence-corrected chi connectivity index (χ0v) is 29.4. The molecule has 48 heavy (non-hydrogen) atoms. The Morgan fingerprint density at radius 2 is 1.52 bits per heavy atom. The highest BCUT2D eigenvalue weighted by atomic mass is 32.2. The fourth-order valence-electron chi connectivity index (χ4n) is 5.13. The molecule has 0 unspecified atom stereocenters. The maximum atomic E-state index is 13.5. The van der Waals surface area contributed by atoms with Crippen molar-refractivity contribution in [1.82, 2.24) is 26.2 Å². The Kier molecular flexibility index (Phi) is 18.9. The van der Waals surface area contributed by atoms with E-state index >= 15 is 0 Å². The molecule has 0 saturated carbocycles. The molecule has 0 aromatic heterocycles. The van der Waals surface area contributed by atoms with Gasteiger partial charge in [0.2, 0.25) is 29.5 Å². The summed E-state index contributed by atoms with van der Waals surface area (Å²) < 4.78 is 0. The summed E-state index contributed by atoms with van der Waals surface area (Å²) in [7, 11) is 0. The van der Waals surface area contributed by atoms with E-state index in [0.717, 1.165) is 0 Å². The highest BCUT2D eigenvalue weighted by Crippen LogP contribution is 2.20. The molecule has 17 nitrogen and oxygen atoms in total. The van der Waals surface area contributed by atoms with Gasteiger partial charge in [0.25, 0.3) is 0 Å². The summed E-state index contributed by atoms with van der Waals surface area (Å²) >= 11 is 1.57. The van der Waals surface area contributed by atoms with Gasteiger partial charge in [0, 0.05) is 13.1 Å². The Bertz CT molecular complexity index is 1140. The van der Waals surface area contributed by atoms with Crippen molar-refractivity contribution in [2.45, 2.75) is 102 Å². The van der Waals surface area contributed by atoms with Gasteiger partial charge in [-0.2, -0.15) is 11.8 Å². The van der Waals surface area contributed by atoms with Crippen LogP contribution >= 0.6 is 11.8 Å². The number of nitrogens with two attached hydrogens (primary N) is 3. The number of aliphatic hydroxyl groups is 1. The summed E-state index contributed by atoms with van der Waals surface area (Å²) in [6.45, 7) is 6.76. The van der Waals surface area contributed by atoms with Crippen molar-refractivity contribution in [2.24, 2.45) is 34.0 Å². The minimum absolute atomic E-state index is 0.0180. The predicted molar refractivity (Wildman–Crippen MR) is 182 cm³/mol. The molecule has 5 amide bonds. The monoisotopic (exact) mass is 701 g/mol. The molecule has 12 N–H and O–H groups in total. The van der Waals surface area contributed by atoms with Crippen molar-refractivity contribution in [3.8, 4) is 0 Å². The molecule has 0 aromatic carbocycles. The number of nitrogens with one attached hydrogen (secondary N) is 4. The van der Waals surface area contributed by atoms with Crippen LogP contribution in [0, 0.1) is 11.8 Å². The molecule has 1 aliphatic rings. The van der Waals surface area contributed by atoms with Gasteiger partial charge in [-0.15, -0.1) is 0 Å². The third kappa shape index (κ3) is 14.2. The Morgan fingerprint density at radius 3 is 2.06 bits per heavy atom. The highest BCUT2D eigenvalue weighted by molar-refractivity contribution is 7.98. The Morgan fingerprint density at radius 1 is 0.917 bits per heavy atom. The van der Waals surface area contributed by atoms with E-state index < -0.39 is 78.4 Å². The fourth-order valence-corrected chi connectivity index (χ4v) is 5.62. The zero-order chi connectivity index (χ0) is 36.6. The number of nitrogens with zero attached hydrogens (tertiary/aromatic N) is 2. The lowest BCUT2D eigenvalue weighted by Crippen LogP contribution is -2.60. The van der Waals surface area contributed by atoms with Crippen LogP contribution in [0.3, 0.4) is 0 Å². The molecule has 0 aromatic rings. The summed E-state index contributed by atoms with van der Waals surface area (Å²) in [4.78, 5) is 83.0. The van der Waals surface area contributed by atoms with Gasteiger partial charge >= 0.3 is 5.97 Å². The molecular formula is C30H55N9O8S. The number of carboxylic acid groups (broad SMARTS) is 1. The van der Waals surface area contributed by atoms with Gasteiger partial charge in [-0.05, 0) is 62.4 Å². The third-order valence-electron chi connectivity index (χ3n) is 7.75. The van der Waals surface area contributed by atoms with Gasteiger partial charge in [-0.3, -0.25) is 29.0 Å². The van der Waals surface area contributed by atoms with Gasteiger partial charge in [-0.25, -0.2) is 4.79 Å². The van der Waals surface area contributed by atoms with E-state index in [1.54, 1.807) is 25.6 Å². The van der Waals surface area contributed by atoms with Crippen LogP contribution in [0.5, 0.6) is 0 Å². The number of hydrogen-bond acceptors (Lipinski definition) is 10. The second-order valence-electron chi connectivity index (χ2n) is 12.6. The minimum Gasteiger partial charge on any atom is -0.480 e. The van der Waals surface area contributed by atoms with Crippen LogP contribution in [0.1, 0.15) is 66.2 Å². The van der Waals surface area contributed by atoms with Crippen molar-refractivity contribution in [1.29, 1.82) is 0 Å². The molecule has 18 heteroatoms. The van der Waals surface area contributed by atoms with E-state index in [4.69, 9.17) is 17.2 Å². The summed E-state index contributed by atoms with van der Waals surface area (Å²) in [6, 6.07) is -6.59. The number of carbonyl (C=O) groups is 6. The number of rotatable bonds is 21. The van der Waals surface area contributed by atoms with Gasteiger partial charge in [-0.1, -0.05) is 27.7 Å². The van der Waals surface area contributed by atoms with E-state index in [0.29, 0.717) is 31.6 Å². The van der Waals surface area contributed by atoms with Crippen LogP contribution in [-0.4, -0.2) is 125 Å². The molecule has 1 aliphatic heterocycles. The number of carbonyl (C=O) groups excluding carboxylic acids is 5. The van der Waals surface area contributed by atoms with Crippen molar-refractivity contribution in [2.75, 3.05) is 31.7 Å². The molecule has 0 bridgehead atoms. The van der Waals surface area contributed by atoms with E-state index in [-0.39, 0.29) is 43.6 Å². The van der Waals surface area contributed by atoms with Crippen LogP contribution < -0.4 is 38.5 Å². The first-order chi connectivity index (χ1) is 22.5. The van der Waals surface area contributed by atoms with Crippen LogP contribution in [0.25, 0.3) is 0 Å². The first-order valence-corrected chi connectivity index (χ1v) is 17.6. The molecule has 6 atom stereocenters. The molecule has 1 saturated heterocycles. The summed E-state index contributed by atoms with van der Waals surface area (Å²) in [6.07, 6.45) is 3.78. The lowest BCUT2D eigenvalue weighted by Gasteiger charge is -2.30. The zero-order valence-electron chi connectivity index (χ0n) is 28.6. The smallest absolute Gasteiger partial charge is 0.326 e. The van der Waals surface area contributed by atoms with Gasteiger partial charge < -0.3 is 53.6 Å². The van der Waals surface area contributed by atoms with E-state index in [1.165, 1.54) is 4.90 Å². The maximum Gasteiger partial charge on any atom is 0.326 e. The lowest BCUT2D eigenvalue weighted by molar-refractivity contribution is -0.143. The molecule has 274 valence electrons. The fraction of sp³-hybridized carbons (Fsp3) is 0.767. The summed E-state index contributed by atoms with van der Waals surface area (Å²) in [5.74, 6) is -4.47. The Hall–Kier alpha value is -3.64. The number of aliphatic hydroxyl groups excluding tert-OH is 1. The number of guanidine groups is 1. The number of hydrogen-bond donors (Lipinski definition) is 9. The van der Waals surface area contributed by atoms with Crippen LogP contribution in [-0.2, 0) is 28.8 Å². The molecule has 0 aliphatic carbocycles. The standard InChI is InChI=1S/C30H55N9O8S/c1-16(2)14-20(24(41)37-21(15-40)25(42)35-19(29(46)47)8-6-11-34-30(32)33)36-27(44)23(17(3)4)38-26(43)22-9-7-12-39(22)28(45)18(31)10-13-48-5/h16-23,40H,6-15,31H2,1-5H3,(H,35,42)(H,36,44)(H,37,41)(H,38,43)(H,46,47)(H4,32,33,34)/t18-,19-,20-,21-,22-,23-/m0/s1. The van der Waals surface area contributed by atoms with Gasteiger partial charge in [0.05, 0.1) is 12.6 Å². The van der Waals surface area contributed by atoms with Crippen molar-refractivity contribution >= 4 is 53.2 Å². The SMILES string of the molecule is CSCC[C@H](N)C(=O)N1CCC[C@H]1C(=O)N[C@H](C(=O)N[C@@H](CC(C)C)C(=O)N[C@@H](CO)C(=O)N[C@@H](CCCN=C(N)N)C(=O)O)C(C)C. The minimum atomic E-state index is -1.52. The van der Waals surface area contributed by atoms with Crippen molar-refractivity contribution in [3.63, 3.8) is 0 Å². The first kappa shape index (κ1) is 42.4. The van der Waals surface area contributed by atoms with E-state index in [1.807, 2.05) is 20.1 Å². The second kappa shape index (κ2) is 21.4. The second-order valence-corrected chi connectivity index (χ2v) is 13.6. The molecule has 0 radical (unpaired) electrons. The molecule has 1 rings (SSSR count). The Labute approximate surface area is 286 Å². The van der Waals surface area contributed by atoms with Crippen LogP contribution in [0.15, 0.2) is 4.99 Å². The summed E-state index contributed by atoms with van der Waals surface area (Å²) in [5.41, 5.74) is 16.6. The van der Waals surface area contributed by atoms with Gasteiger partial charge in [0.1, 0.15) is 30.2 Å². The number of carboxylic acids is 1. The first-order valence-electron chi connectivity index (χ1n) is 16.2. The Balaban J connectivity index is 3.00. The normalized spacial score (nSPS) is 17.5. The number of thioether (sulfide) groups is 1. The van der Waals surface area contributed by atoms with Crippen molar-refractivity contribution < 1.29 is 39.0 Å². The predicted octanol–water partition coefficient (Wildman–Crippen LogP) is -2.17. The number of likely N-dealkylation sites (tertiary alicyclic amines) is 1. The number of amides is 5.